The molecule has 0 bridgehead atoms. The zero-order valence-electron chi connectivity index (χ0n) is 12.3. The molecule has 118 valence electrons. The van der Waals surface area contributed by atoms with Crippen LogP contribution in [-0.4, -0.2) is 45.8 Å². The Kier molecular flexibility index (Phi) is 5.35. The first-order valence-corrected chi connectivity index (χ1v) is 8.86. The molecule has 2 rings (SSSR count). The number of alkyl halides is 1. The number of hydrogen-bond acceptors (Lipinski definition) is 3. The third kappa shape index (κ3) is 3.44. The van der Waals surface area contributed by atoms with Crippen LogP contribution in [0.1, 0.15) is 12.8 Å². The van der Waals surface area contributed by atoms with E-state index in [9.17, 15) is 8.42 Å². The molecule has 7 heteroatoms. The number of anilines is 1. The van der Waals surface area contributed by atoms with Gasteiger partial charge in [0.2, 0.25) is 0 Å². The first kappa shape index (κ1) is 16.4. The Hall–Kier alpha value is -0.980. The van der Waals surface area contributed by atoms with E-state index in [0.717, 1.165) is 12.8 Å². The standard InChI is InChI=1S/C14H21ClN2O3S/c1-16(13-5-3-4-6-14(13)20-2)21(18,19)17-9-7-12(11-15)8-10-17/h3-6,12H,7-11H2,1-2H3. The summed E-state index contributed by atoms with van der Waals surface area (Å²) in [6.45, 7) is 1.03. The summed E-state index contributed by atoms with van der Waals surface area (Å²) in [5.74, 6) is 1.55. The molecule has 1 heterocycles. The molecule has 0 radical (unpaired) electrons. The number of rotatable bonds is 5. The molecule has 0 aromatic heterocycles. The molecular formula is C14H21ClN2O3S. The lowest BCUT2D eigenvalue weighted by atomic mass is 10.0. The summed E-state index contributed by atoms with van der Waals surface area (Å²) in [5, 5.41) is 0. The molecule has 0 amide bonds. The number of nitrogens with zero attached hydrogens (tertiary/aromatic N) is 2. The van der Waals surface area contributed by atoms with Gasteiger partial charge in [0.1, 0.15) is 5.75 Å². The van der Waals surface area contributed by atoms with Crippen LogP contribution >= 0.6 is 11.6 Å². The second-order valence-electron chi connectivity index (χ2n) is 5.14. The van der Waals surface area contributed by atoms with Crippen LogP contribution < -0.4 is 9.04 Å². The van der Waals surface area contributed by atoms with Gasteiger partial charge in [0.25, 0.3) is 0 Å². The molecule has 0 unspecified atom stereocenters. The minimum absolute atomic E-state index is 0.412. The van der Waals surface area contributed by atoms with Crippen molar-refractivity contribution >= 4 is 27.5 Å². The SMILES string of the molecule is COc1ccccc1N(C)S(=O)(=O)N1CCC(CCl)CC1. The lowest BCUT2D eigenvalue weighted by Gasteiger charge is -2.34. The van der Waals surface area contributed by atoms with Crippen molar-refractivity contribution in [3.63, 3.8) is 0 Å². The van der Waals surface area contributed by atoms with Crippen LogP contribution in [0.25, 0.3) is 0 Å². The summed E-state index contributed by atoms with van der Waals surface area (Å²) in [5.41, 5.74) is 0.541. The van der Waals surface area contributed by atoms with Crippen molar-refractivity contribution in [1.29, 1.82) is 0 Å². The molecule has 0 atom stereocenters. The normalized spacial score (nSPS) is 17.7. The van der Waals surface area contributed by atoms with Crippen molar-refractivity contribution < 1.29 is 13.2 Å². The molecule has 0 saturated carbocycles. The Morgan fingerprint density at radius 2 is 1.95 bits per heavy atom. The molecule has 1 saturated heterocycles. The summed E-state index contributed by atoms with van der Waals surface area (Å²) in [6, 6.07) is 7.10. The Bertz CT molecular complexity index is 571. The Morgan fingerprint density at radius 1 is 1.33 bits per heavy atom. The molecule has 21 heavy (non-hydrogen) atoms. The Morgan fingerprint density at radius 3 is 2.52 bits per heavy atom. The number of ether oxygens (including phenoxy) is 1. The fourth-order valence-corrected chi connectivity index (χ4v) is 4.21. The van der Waals surface area contributed by atoms with Gasteiger partial charge in [-0.1, -0.05) is 12.1 Å². The van der Waals surface area contributed by atoms with Crippen LogP contribution in [0.15, 0.2) is 24.3 Å². The number of para-hydroxylation sites is 2. The Balaban J connectivity index is 2.19. The summed E-state index contributed by atoms with van der Waals surface area (Å²) >= 11 is 5.85. The van der Waals surface area contributed by atoms with Gasteiger partial charge in [-0.2, -0.15) is 12.7 Å². The zero-order chi connectivity index (χ0) is 15.5. The predicted octanol–water partition coefficient (Wildman–Crippen LogP) is 2.33. The van der Waals surface area contributed by atoms with Crippen LogP contribution in [0.5, 0.6) is 5.75 Å². The van der Waals surface area contributed by atoms with Crippen molar-refractivity contribution in [2.45, 2.75) is 12.8 Å². The molecule has 1 aromatic carbocycles. The van der Waals surface area contributed by atoms with Crippen LogP contribution in [0, 0.1) is 5.92 Å². The summed E-state index contributed by atoms with van der Waals surface area (Å²) in [7, 11) is -0.446. The highest BCUT2D eigenvalue weighted by molar-refractivity contribution is 7.90. The molecule has 0 aliphatic carbocycles. The number of methoxy groups -OCH3 is 1. The third-order valence-electron chi connectivity index (χ3n) is 3.89. The van der Waals surface area contributed by atoms with Gasteiger partial charge >= 0.3 is 10.2 Å². The van der Waals surface area contributed by atoms with Crippen LogP contribution in [0.3, 0.4) is 0 Å². The molecule has 1 aromatic rings. The number of piperidine rings is 1. The highest BCUT2D eigenvalue weighted by atomic mass is 35.5. The van der Waals surface area contributed by atoms with E-state index < -0.39 is 10.2 Å². The predicted molar refractivity (Wildman–Crippen MR) is 85.3 cm³/mol. The maximum absolute atomic E-state index is 12.7. The highest BCUT2D eigenvalue weighted by Gasteiger charge is 2.32. The monoisotopic (exact) mass is 332 g/mol. The van der Waals surface area contributed by atoms with Crippen molar-refractivity contribution in [3.05, 3.63) is 24.3 Å². The second-order valence-corrected chi connectivity index (χ2v) is 7.41. The minimum Gasteiger partial charge on any atom is -0.495 e. The fourth-order valence-electron chi connectivity index (χ4n) is 2.48. The maximum atomic E-state index is 12.7. The Labute approximate surface area is 131 Å². The lowest BCUT2D eigenvalue weighted by molar-refractivity contribution is 0.289. The van der Waals surface area contributed by atoms with Crippen molar-refractivity contribution in [3.8, 4) is 5.75 Å². The van der Waals surface area contributed by atoms with Crippen LogP contribution in [-0.2, 0) is 10.2 Å². The first-order chi connectivity index (χ1) is 10.0. The summed E-state index contributed by atoms with van der Waals surface area (Å²) in [6.07, 6.45) is 1.62. The average Bonchev–Trinajstić information content (AvgIpc) is 2.54. The second kappa shape index (κ2) is 6.85. The fraction of sp³-hybridized carbons (Fsp3) is 0.571. The van der Waals surface area contributed by atoms with Gasteiger partial charge in [0, 0.05) is 26.0 Å². The third-order valence-corrected chi connectivity index (χ3v) is 6.23. The van der Waals surface area contributed by atoms with Gasteiger partial charge in [0.15, 0.2) is 0 Å². The number of benzene rings is 1. The van der Waals surface area contributed by atoms with Gasteiger partial charge in [0.05, 0.1) is 12.8 Å². The average molecular weight is 333 g/mol. The zero-order valence-corrected chi connectivity index (χ0v) is 13.9. The number of hydrogen-bond donors (Lipinski definition) is 0. The van der Waals surface area contributed by atoms with E-state index in [1.807, 2.05) is 6.07 Å². The van der Waals surface area contributed by atoms with E-state index in [1.54, 1.807) is 25.2 Å². The topological polar surface area (TPSA) is 49.9 Å². The van der Waals surface area contributed by atoms with Gasteiger partial charge in [-0.25, -0.2) is 0 Å². The smallest absolute Gasteiger partial charge is 0.303 e. The van der Waals surface area contributed by atoms with E-state index in [2.05, 4.69) is 0 Å². The van der Waals surface area contributed by atoms with Gasteiger partial charge in [-0.05, 0) is 30.9 Å². The van der Waals surface area contributed by atoms with Crippen molar-refractivity contribution in [1.82, 2.24) is 4.31 Å². The molecule has 0 N–H and O–H groups in total. The van der Waals surface area contributed by atoms with Gasteiger partial charge in [-0.3, -0.25) is 4.31 Å². The molecule has 0 spiro atoms. The quantitative estimate of drug-likeness (QED) is 0.778. The molecule has 1 fully saturated rings. The molecule has 1 aliphatic heterocycles. The highest BCUT2D eigenvalue weighted by Crippen LogP contribution is 2.30. The maximum Gasteiger partial charge on any atom is 0.303 e. The van der Waals surface area contributed by atoms with E-state index in [-0.39, 0.29) is 0 Å². The van der Waals surface area contributed by atoms with E-state index in [1.165, 1.54) is 15.7 Å². The molecule has 5 nitrogen and oxygen atoms in total. The van der Waals surface area contributed by atoms with Gasteiger partial charge < -0.3 is 4.74 Å². The van der Waals surface area contributed by atoms with Crippen LogP contribution in [0.2, 0.25) is 0 Å². The first-order valence-electron chi connectivity index (χ1n) is 6.93. The summed E-state index contributed by atoms with van der Waals surface area (Å²) < 4.78 is 33.5. The summed E-state index contributed by atoms with van der Waals surface area (Å²) in [4.78, 5) is 0. The minimum atomic E-state index is -3.54. The molecular weight excluding hydrogens is 312 g/mol. The van der Waals surface area contributed by atoms with Gasteiger partial charge in [-0.15, -0.1) is 11.6 Å². The largest absolute Gasteiger partial charge is 0.495 e. The number of halogens is 1. The molecule has 1 aliphatic rings. The van der Waals surface area contributed by atoms with Crippen LogP contribution in [0.4, 0.5) is 5.69 Å². The van der Waals surface area contributed by atoms with E-state index in [0.29, 0.717) is 36.3 Å². The van der Waals surface area contributed by atoms with E-state index >= 15 is 0 Å². The van der Waals surface area contributed by atoms with E-state index in [4.69, 9.17) is 16.3 Å². The van der Waals surface area contributed by atoms with Crippen molar-refractivity contribution in [2.24, 2.45) is 5.92 Å². The lowest BCUT2D eigenvalue weighted by Crippen LogP contribution is -2.46. The van der Waals surface area contributed by atoms with Crippen molar-refractivity contribution in [2.75, 3.05) is 37.4 Å².